The normalized spacial score (nSPS) is 22.3. The molecule has 0 aliphatic carbocycles. The average Bonchev–Trinajstić information content (AvgIpc) is 2.86. The maximum Gasteiger partial charge on any atom is 0.232 e. The first kappa shape index (κ1) is 15.9. The zero-order valence-electron chi connectivity index (χ0n) is 11.4. The SMILES string of the molecule is CC(C)C1(C(=O)Nc2cc(Cl)c(Cl)cc2Cl)CCNC1. The van der Waals surface area contributed by atoms with Gasteiger partial charge in [0.2, 0.25) is 5.91 Å². The van der Waals surface area contributed by atoms with Gasteiger partial charge >= 0.3 is 0 Å². The number of hydrogen-bond acceptors (Lipinski definition) is 2. The average molecular weight is 336 g/mol. The Labute approximate surface area is 134 Å². The predicted octanol–water partition coefficient (Wildman–Crippen LogP) is 4.22. The first-order valence-corrected chi connectivity index (χ1v) is 7.67. The Balaban J connectivity index is 2.25. The second-order valence-electron chi connectivity index (χ2n) is 5.44. The second-order valence-corrected chi connectivity index (χ2v) is 6.66. The highest BCUT2D eigenvalue weighted by molar-refractivity contribution is 6.44. The number of hydrogen-bond donors (Lipinski definition) is 2. The molecule has 6 heteroatoms. The minimum Gasteiger partial charge on any atom is -0.324 e. The van der Waals surface area contributed by atoms with Gasteiger partial charge in [-0.2, -0.15) is 0 Å². The van der Waals surface area contributed by atoms with Crippen LogP contribution in [0, 0.1) is 11.3 Å². The highest BCUT2D eigenvalue weighted by atomic mass is 35.5. The number of anilines is 1. The Morgan fingerprint density at radius 1 is 1.25 bits per heavy atom. The van der Waals surface area contributed by atoms with E-state index in [1.54, 1.807) is 6.07 Å². The molecule has 3 nitrogen and oxygen atoms in total. The van der Waals surface area contributed by atoms with Crippen LogP contribution < -0.4 is 10.6 Å². The van der Waals surface area contributed by atoms with E-state index < -0.39 is 5.41 Å². The van der Waals surface area contributed by atoms with E-state index in [1.165, 1.54) is 6.07 Å². The van der Waals surface area contributed by atoms with Crippen LogP contribution in [0.25, 0.3) is 0 Å². The number of carbonyl (C=O) groups is 1. The zero-order chi connectivity index (χ0) is 14.9. The van der Waals surface area contributed by atoms with Crippen LogP contribution >= 0.6 is 34.8 Å². The topological polar surface area (TPSA) is 41.1 Å². The summed E-state index contributed by atoms with van der Waals surface area (Å²) in [6.07, 6.45) is 0.815. The summed E-state index contributed by atoms with van der Waals surface area (Å²) in [5, 5.41) is 7.27. The van der Waals surface area contributed by atoms with E-state index in [2.05, 4.69) is 24.5 Å². The maximum atomic E-state index is 12.6. The smallest absolute Gasteiger partial charge is 0.232 e. The van der Waals surface area contributed by atoms with Crippen LogP contribution in [0.15, 0.2) is 12.1 Å². The van der Waals surface area contributed by atoms with Gasteiger partial charge in [-0.05, 0) is 31.0 Å². The molecule has 1 aliphatic rings. The third kappa shape index (κ3) is 2.91. The van der Waals surface area contributed by atoms with Gasteiger partial charge in [0.05, 0.1) is 26.2 Å². The molecule has 1 aromatic carbocycles. The zero-order valence-corrected chi connectivity index (χ0v) is 13.7. The molecule has 1 amide bonds. The Kier molecular flexibility index (Phi) is 4.85. The van der Waals surface area contributed by atoms with Gasteiger partial charge in [0.25, 0.3) is 0 Å². The lowest BCUT2D eigenvalue weighted by molar-refractivity contribution is -0.126. The van der Waals surface area contributed by atoms with Crippen LogP contribution in [-0.4, -0.2) is 19.0 Å². The Hall–Kier alpha value is -0.480. The van der Waals surface area contributed by atoms with E-state index in [-0.39, 0.29) is 11.8 Å². The first-order valence-electron chi connectivity index (χ1n) is 6.53. The molecule has 1 fully saturated rings. The molecule has 0 bridgehead atoms. The van der Waals surface area contributed by atoms with Crippen LogP contribution in [0.5, 0.6) is 0 Å². The predicted molar refractivity (Wildman–Crippen MR) is 84.9 cm³/mol. The monoisotopic (exact) mass is 334 g/mol. The van der Waals surface area contributed by atoms with E-state index in [1.807, 2.05) is 0 Å². The van der Waals surface area contributed by atoms with Crippen LogP contribution in [-0.2, 0) is 4.79 Å². The van der Waals surface area contributed by atoms with Gasteiger partial charge in [-0.25, -0.2) is 0 Å². The van der Waals surface area contributed by atoms with E-state index >= 15 is 0 Å². The van der Waals surface area contributed by atoms with Gasteiger partial charge < -0.3 is 10.6 Å². The molecule has 1 aliphatic heterocycles. The van der Waals surface area contributed by atoms with Crippen LogP contribution in [0.1, 0.15) is 20.3 Å². The highest BCUT2D eigenvalue weighted by Gasteiger charge is 2.44. The lowest BCUT2D eigenvalue weighted by Crippen LogP contribution is -2.42. The fourth-order valence-corrected chi connectivity index (χ4v) is 3.12. The van der Waals surface area contributed by atoms with Gasteiger partial charge in [0, 0.05) is 6.54 Å². The van der Waals surface area contributed by atoms with Crippen molar-refractivity contribution in [2.75, 3.05) is 18.4 Å². The summed E-state index contributed by atoms with van der Waals surface area (Å²) in [6.45, 7) is 5.64. The lowest BCUT2D eigenvalue weighted by atomic mass is 9.75. The molecule has 0 spiro atoms. The van der Waals surface area contributed by atoms with Gasteiger partial charge in [-0.15, -0.1) is 0 Å². The van der Waals surface area contributed by atoms with Gasteiger partial charge in [-0.3, -0.25) is 4.79 Å². The molecular weight excluding hydrogens is 319 g/mol. The second kappa shape index (κ2) is 6.10. The number of rotatable bonds is 3. The molecule has 2 rings (SSSR count). The summed E-state index contributed by atoms with van der Waals surface area (Å²) in [4.78, 5) is 12.6. The molecule has 1 saturated heterocycles. The van der Waals surface area contributed by atoms with E-state index in [0.29, 0.717) is 27.3 Å². The molecular formula is C14H17Cl3N2O. The number of benzene rings is 1. The van der Waals surface area contributed by atoms with Crippen LogP contribution in [0.2, 0.25) is 15.1 Å². The molecule has 2 N–H and O–H groups in total. The number of carbonyl (C=O) groups excluding carboxylic acids is 1. The quantitative estimate of drug-likeness (QED) is 0.812. The minimum atomic E-state index is -0.407. The van der Waals surface area contributed by atoms with Crippen molar-refractivity contribution in [1.82, 2.24) is 5.32 Å². The maximum absolute atomic E-state index is 12.6. The molecule has 1 unspecified atom stereocenters. The third-order valence-corrected chi connectivity index (χ3v) is 5.04. The third-order valence-electron chi connectivity index (χ3n) is 4.00. The first-order chi connectivity index (χ1) is 9.36. The molecule has 0 radical (unpaired) electrons. The summed E-state index contributed by atoms with van der Waals surface area (Å²) in [5.41, 5.74) is 0.0908. The van der Waals surface area contributed by atoms with E-state index in [9.17, 15) is 4.79 Å². The van der Waals surface area contributed by atoms with Crippen molar-refractivity contribution in [2.45, 2.75) is 20.3 Å². The van der Waals surface area contributed by atoms with Crippen molar-refractivity contribution in [2.24, 2.45) is 11.3 Å². The molecule has 0 aromatic heterocycles. The summed E-state index contributed by atoms with van der Waals surface area (Å²) < 4.78 is 0. The Bertz CT molecular complexity index is 525. The van der Waals surface area contributed by atoms with Crippen LogP contribution in [0.4, 0.5) is 5.69 Å². The summed E-state index contributed by atoms with van der Waals surface area (Å²) in [6, 6.07) is 3.12. The molecule has 1 heterocycles. The van der Waals surface area contributed by atoms with Crippen molar-refractivity contribution in [3.63, 3.8) is 0 Å². The molecule has 20 heavy (non-hydrogen) atoms. The fourth-order valence-electron chi connectivity index (χ4n) is 2.53. The van der Waals surface area contributed by atoms with Crippen molar-refractivity contribution in [3.8, 4) is 0 Å². The molecule has 1 aromatic rings. The van der Waals surface area contributed by atoms with Gasteiger partial charge in [0.15, 0.2) is 0 Å². The van der Waals surface area contributed by atoms with Crippen molar-refractivity contribution in [1.29, 1.82) is 0 Å². The fraction of sp³-hybridized carbons (Fsp3) is 0.500. The molecule has 110 valence electrons. The van der Waals surface area contributed by atoms with Crippen molar-refractivity contribution < 1.29 is 4.79 Å². The minimum absolute atomic E-state index is 0.0298. The van der Waals surface area contributed by atoms with E-state index in [4.69, 9.17) is 34.8 Å². The molecule has 1 atom stereocenters. The summed E-state index contributed by atoms with van der Waals surface area (Å²) >= 11 is 18.0. The van der Waals surface area contributed by atoms with Crippen molar-refractivity contribution >= 4 is 46.4 Å². The highest BCUT2D eigenvalue weighted by Crippen LogP contribution is 2.37. The lowest BCUT2D eigenvalue weighted by Gasteiger charge is -2.31. The number of amides is 1. The van der Waals surface area contributed by atoms with Gasteiger partial charge in [0.1, 0.15) is 0 Å². The molecule has 0 saturated carbocycles. The standard InChI is InChI=1S/C14H17Cl3N2O/c1-8(2)14(3-4-18-7-14)13(20)19-12-6-10(16)9(15)5-11(12)17/h5-6,8,18H,3-4,7H2,1-2H3,(H,19,20). The Morgan fingerprint density at radius 2 is 1.90 bits per heavy atom. The number of halogens is 3. The van der Waals surface area contributed by atoms with Crippen molar-refractivity contribution in [3.05, 3.63) is 27.2 Å². The van der Waals surface area contributed by atoms with Crippen LogP contribution in [0.3, 0.4) is 0 Å². The Morgan fingerprint density at radius 3 is 2.45 bits per heavy atom. The summed E-state index contributed by atoms with van der Waals surface area (Å²) in [5.74, 6) is 0.205. The summed E-state index contributed by atoms with van der Waals surface area (Å²) in [7, 11) is 0. The number of nitrogens with one attached hydrogen (secondary N) is 2. The van der Waals surface area contributed by atoms with E-state index in [0.717, 1.165) is 13.0 Å². The van der Waals surface area contributed by atoms with Gasteiger partial charge in [-0.1, -0.05) is 48.7 Å². The largest absolute Gasteiger partial charge is 0.324 e.